The van der Waals surface area contributed by atoms with Crippen LogP contribution in [-0.4, -0.2) is 23.6 Å². The maximum atomic E-state index is 13.2. The maximum Gasteiger partial charge on any atom is 0.408 e. The molecule has 0 bridgehead atoms. The van der Waals surface area contributed by atoms with E-state index in [2.05, 4.69) is 45.4 Å². The van der Waals surface area contributed by atoms with E-state index in [0.717, 1.165) is 28.4 Å². The first-order valence-corrected chi connectivity index (χ1v) is 11.4. The Morgan fingerprint density at radius 1 is 1.13 bits per heavy atom. The predicted octanol–water partition coefficient (Wildman–Crippen LogP) is 4.92. The minimum atomic E-state index is -0.714. The van der Waals surface area contributed by atoms with E-state index in [1.807, 2.05) is 36.4 Å². The van der Waals surface area contributed by atoms with E-state index >= 15 is 0 Å². The van der Waals surface area contributed by atoms with Crippen LogP contribution in [0.15, 0.2) is 48.5 Å². The lowest BCUT2D eigenvalue weighted by Gasteiger charge is -2.29. The van der Waals surface area contributed by atoms with Gasteiger partial charge in [-0.25, -0.2) is 4.79 Å². The van der Waals surface area contributed by atoms with Crippen molar-refractivity contribution in [1.82, 2.24) is 10.6 Å². The van der Waals surface area contributed by atoms with Crippen molar-refractivity contribution in [3.63, 3.8) is 0 Å². The molecule has 2 atom stereocenters. The number of benzene rings is 2. The molecule has 0 fully saturated rings. The third kappa shape index (κ3) is 6.45. The van der Waals surface area contributed by atoms with Crippen molar-refractivity contribution in [3.05, 3.63) is 68.8 Å². The number of amides is 2. The molecule has 0 saturated heterocycles. The molecule has 2 N–H and O–H groups in total. The highest BCUT2D eigenvalue weighted by Crippen LogP contribution is 2.29. The molecular formula is C24H29IN2O3. The predicted molar refractivity (Wildman–Crippen MR) is 126 cm³/mol. The normalized spacial score (nSPS) is 16.9. The van der Waals surface area contributed by atoms with Gasteiger partial charge in [0.05, 0.1) is 6.04 Å². The van der Waals surface area contributed by atoms with Gasteiger partial charge in [0.15, 0.2) is 0 Å². The van der Waals surface area contributed by atoms with E-state index in [1.54, 1.807) is 20.8 Å². The van der Waals surface area contributed by atoms with Gasteiger partial charge in [0.2, 0.25) is 5.91 Å². The molecule has 0 saturated carbocycles. The average molecular weight is 520 g/mol. The van der Waals surface area contributed by atoms with E-state index in [0.29, 0.717) is 6.42 Å². The fourth-order valence-corrected chi connectivity index (χ4v) is 4.05. The van der Waals surface area contributed by atoms with Gasteiger partial charge in [-0.15, -0.1) is 0 Å². The third-order valence-corrected chi connectivity index (χ3v) is 5.77. The van der Waals surface area contributed by atoms with E-state index in [9.17, 15) is 9.59 Å². The molecule has 1 unspecified atom stereocenters. The molecule has 1 aliphatic rings. The summed E-state index contributed by atoms with van der Waals surface area (Å²) in [5.41, 5.74) is 2.80. The van der Waals surface area contributed by atoms with Crippen LogP contribution in [0, 0.1) is 3.57 Å². The quantitative estimate of drug-likeness (QED) is 0.551. The van der Waals surface area contributed by atoms with Crippen molar-refractivity contribution in [2.24, 2.45) is 0 Å². The smallest absolute Gasteiger partial charge is 0.408 e. The molecule has 6 heteroatoms. The fourth-order valence-electron chi connectivity index (χ4n) is 3.69. The highest BCUT2D eigenvalue weighted by Gasteiger charge is 2.28. The van der Waals surface area contributed by atoms with Crippen LogP contribution in [0.25, 0.3) is 0 Å². The summed E-state index contributed by atoms with van der Waals surface area (Å²) in [4.78, 5) is 25.6. The zero-order valence-corrected chi connectivity index (χ0v) is 19.9. The number of hydrogen-bond donors (Lipinski definition) is 2. The Hall–Kier alpha value is -2.09. The molecule has 0 aromatic heterocycles. The fraction of sp³-hybridized carbons (Fsp3) is 0.417. The summed E-state index contributed by atoms with van der Waals surface area (Å²) >= 11 is 2.25. The Morgan fingerprint density at radius 3 is 2.53 bits per heavy atom. The minimum Gasteiger partial charge on any atom is -0.444 e. The third-order valence-electron chi connectivity index (χ3n) is 5.05. The number of halogens is 1. The summed E-state index contributed by atoms with van der Waals surface area (Å²) in [6.07, 6.45) is 2.77. The molecule has 0 radical (unpaired) electrons. The topological polar surface area (TPSA) is 67.4 Å². The van der Waals surface area contributed by atoms with Gasteiger partial charge < -0.3 is 15.4 Å². The first-order valence-electron chi connectivity index (χ1n) is 10.3. The van der Waals surface area contributed by atoms with Crippen LogP contribution in [0.1, 0.15) is 56.3 Å². The van der Waals surface area contributed by atoms with Crippen LogP contribution in [0.2, 0.25) is 0 Å². The minimum absolute atomic E-state index is 0.0397. The van der Waals surface area contributed by atoms with Gasteiger partial charge in [-0.3, -0.25) is 4.79 Å². The lowest BCUT2D eigenvalue weighted by atomic mass is 9.87. The summed E-state index contributed by atoms with van der Waals surface area (Å²) in [5, 5.41) is 5.94. The molecule has 0 aliphatic heterocycles. The number of aryl methyl sites for hydroxylation is 1. The molecular weight excluding hydrogens is 491 g/mol. The SMILES string of the molecule is CC(C)(C)OC(=O)N[C@@H](Cc1ccc(I)cc1)C(=O)NC1CCCc2ccccc21. The molecule has 0 spiro atoms. The van der Waals surface area contributed by atoms with Crippen molar-refractivity contribution in [2.75, 3.05) is 0 Å². The highest BCUT2D eigenvalue weighted by atomic mass is 127. The van der Waals surface area contributed by atoms with Crippen LogP contribution in [-0.2, 0) is 22.4 Å². The van der Waals surface area contributed by atoms with Gasteiger partial charge >= 0.3 is 6.09 Å². The van der Waals surface area contributed by atoms with Crippen LogP contribution < -0.4 is 10.6 Å². The summed E-state index contributed by atoms with van der Waals surface area (Å²) in [6, 6.07) is 15.4. The van der Waals surface area contributed by atoms with Gasteiger partial charge in [0, 0.05) is 9.99 Å². The molecule has 30 heavy (non-hydrogen) atoms. The van der Waals surface area contributed by atoms with Crippen LogP contribution in [0.5, 0.6) is 0 Å². The Kier molecular flexibility index (Phi) is 7.39. The average Bonchev–Trinajstić information content (AvgIpc) is 2.68. The molecule has 3 rings (SSSR count). The number of fused-ring (bicyclic) bond motifs is 1. The summed E-state index contributed by atoms with van der Waals surface area (Å²) in [5.74, 6) is -0.193. The number of rotatable bonds is 5. The molecule has 2 aromatic carbocycles. The number of hydrogen-bond acceptors (Lipinski definition) is 3. The zero-order valence-electron chi connectivity index (χ0n) is 17.7. The molecule has 0 heterocycles. The second-order valence-corrected chi connectivity index (χ2v) is 9.93. The summed E-state index contributed by atoms with van der Waals surface area (Å²) < 4.78 is 6.51. The van der Waals surface area contributed by atoms with Crippen LogP contribution in [0.3, 0.4) is 0 Å². The lowest BCUT2D eigenvalue weighted by molar-refractivity contribution is -0.124. The zero-order chi connectivity index (χ0) is 21.7. The van der Waals surface area contributed by atoms with Crippen molar-refractivity contribution in [3.8, 4) is 0 Å². The molecule has 1 aliphatic carbocycles. The van der Waals surface area contributed by atoms with Gasteiger partial charge in [-0.1, -0.05) is 36.4 Å². The summed E-state index contributed by atoms with van der Waals surface area (Å²) in [6.45, 7) is 5.42. The second-order valence-electron chi connectivity index (χ2n) is 8.68. The van der Waals surface area contributed by atoms with Crippen LogP contribution >= 0.6 is 22.6 Å². The standard InChI is InChI=1S/C24H29IN2O3/c1-24(2,3)30-23(29)27-21(15-16-11-13-18(25)14-12-16)22(28)26-20-10-6-8-17-7-4-5-9-19(17)20/h4-5,7,9,11-14,20-21H,6,8,10,15H2,1-3H3,(H,26,28)(H,27,29)/t20?,21-/m0/s1. The monoisotopic (exact) mass is 520 g/mol. The molecule has 160 valence electrons. The Bertz CT molecular complexity index is 890. The Labute approximate surface area is 192 Å². The van der Waals surface area contributed by atoms with Crippen molar-refractivity contribution >= 4 is 34.6 Å². The van der Waals surface area contributed by atoms with Crippen molar-refractivity contribution in [1.29, 1.82) is 0 Å². The van der Waals surface area contributed by atoms with Crippen molar-refractivity contribution in [2.45, 2.75) is 64.1 Å². The maximum absolute atomic E-state index is 13.2. The lowest BCUT2D eigenvalue weighted by Crippen LogP contribution is -2.50. The second kappa shape index (κ2) is 9.81. The van der Waals surface area contributed by atoms with Crippen molar-refractivity contribution < 1.29 is 14.3 Å². The van der Waals surface area contributed by atoms with E-state index in [1.165, 1.54) is 11.1 Å². The van der Waals surface area contributed by atoms with Crippen LogP contribution in [0.4, 0.5) is 4.79 Å². The van der Waals surface area contributed by atoms with Gasteiger partial charge in [-0.2, -0.15) is 0 Å². The van der Waals surface area contributed by atoms with E-state index < -0.39 is 17.7 Å². The largest absolute Gasteiger partial charge is 0.444 e. The van der Waals surface area contributed by atoms with Gasteiger partial charge in [0.25, 0.3) is 0 Å². The highest BCUT2D eigenvalue weighted by molar-refractivity contribution is 14.1. The molecule has 2 aromatic rings. The van der Waals surface area contributed by atoms with E-state index in [-0.39, 0.29) is 11.9 Å². The molecule has 2 amide bonds. The number of carbonyl (C=O) groups excluding carboxylic acids is 2. The Balaban J connectivity index is 1.75. The number of ether oxygens (including phenoxy) is 1. The first-order chi connectivity index (χ1) is 14.2. The Morgan fingerprint density at radius 2 is 1.83 bits per heavy atom. The number of alkyl carbamates (subject to hydrolysis) is 1. The van der Waals surface area contributed by atoms with Gasteiger partial charge in [-0.05, 0) is 91.4 Å². The number of nitrogens with one attached hydrogen (secondary N) is 2. The van der Waals surface area contributed by atoms with Gasteiger partial charge in [0.1, 0.15) is 11.6 Å². The summed E-state index contributed by atoms with van der Waals surface area (Å²) in [7, 11) is 0. The first kappa shape index (κ1) is 22.6. The molecule has 5 nitrogen and oxygen atoms in total. The number of carbonyl (C=O) groups is 2. The van der Waals surface area contributed by atoms with E-state index in [4.69, 9.17) is 4.74 Å².